The lowest BCUT2D eigenvalue weighted by molar-refractivity contribution is -0.147. The summed E-state index contributed by atoms with van der Waals surface area (Å²) in [5.74, 6) is -0.162. The Balaban J connectivity index is 1.93. The molecular formula is C13H16FNO2. The third-order valence-corrected chi connectivity index (χ3v) is 3.67. The lowest BCUT2D eigenvalue weighted by atomic mass is 9.73. The van der Waals surface area contributed by atoms with E-state index in [0.717, 1.165) is 18.7 Å². The Morgan fingerprint density at radius 2 is 2.12 bits per heavy atom. The molecule has 1 aromatic rings. The Labute approximate surface area is 99.9 Å². The van der Waals surface area contributed by atoms with Crippen molar-refractivity contribution in [3.63, 3.8) is 0 Å². The van der Waals surface area contributed by atoms with Gasteiger partial charge in [-0.1, -0.05) is 18.2 Å². The predicted octanol–water partition coefficient (Wildman–Crippen LogP) is 1.08. The molecule has 2 fully saturated rings. The number of rotatable bonds is 2. The first-order valence-electron chi connectivity index (χ1n) is 5.98. The maximum atomic E-state index is 13.9. The molecule has 0 bridgehead atoms. The van der Waals surface area contributed by atoms with Gasteiger partial charge in [-0.05, 0) is 6.07 Å². The van der Waals surface area contributed by atoms with E-state index in [4.69, 9.17) is 9.47 Å². The topological polar surface area (TPSA) is 30.5 Å². The molecule has 0 aliphatic carbocycles. The summed E-state index contributed by atoms with van der Waals surface area (Å²) in [4.78, 5) is 0. The lowest BCUT2D eigenvalue weighted by Crippen LogP contribution is -2.61. The molecule has 3 nitrogen and oxygen atoms in total. The highest BCUT2D eigenvalue weighted by molar-refractivity contribution is 5.32. The van der Waals surface area contributed by atoms with Crippen molar-refractivity contribution in [1.29, 1.82) is 0 Å². The first kappa shape index (κ1) is 11.1. The van der Waals surface area contributed by atoms with E-state index in [1.807, 2.05) is 12.1 Å². The highest BCUT2D eigenvalue weighted by atomic mass is 19.1. The van der Waals surface area contributed by atoms with Crippen molar-refractivity contribution in [1.82, 2.24) is 5.32 Å². The van der Waals surface area contributed by atoms with Crippen LogP contribution >= 0.6 is 0 Å². The molecule has 0 amide bonds. The van der Waals surface area contributed by atoms with Crippen LogP contribution in [0.3, 0.4) is 0 Å². The molecule has 0 radical (unpaired) electrons. The second-order valence-electron chi connectivity index (χ2n) is 4.69. The maximum Gasteiger partial charge on any atom is 0.127 e. The van der Waals surface area contributed by atoms with Gasteiger partial charge in [0.2, 0.25) is 0 Å². The van der Waals surface area contributed by atoms with Crippen molar-refractivity contribution in [2.75, 3.05) is 32.9 Å². The first-order valence-corrected chi connectivity index (χ1v) is 5.98. The van der Waals surface area contributed by atoms with E-state index in [-0.39, 0.29) is 17.3 Å². The third-order valence-electron chi connectivity index (χ3n) is 3.67. The Bertz CT molecular complexity index is 400. The molecule has 1 atom stereocenters. The van der Waals surface area contributed by atoms with E-state index in [1.54, 1.807) is 6.07 Å². The van der Waals surface area contributed by atoms with Gasteiger partial charge in [0.1, 0.15) is 5.82 Å². The fraction of sp³-hybridized carbons (Fsp3) is 0.538. The van der Waals surface area contributed by atoms with Crippen molar-refractivity contribution >= 4 is 0 Å². The number of morpholine rings is 1. The minimum atomic E-state index is -0.307. The molecule has 0 aromatic heterocycles. The third kappa shape index (κ3) is 1.76. The Hall–Kier alpha value is -0.970. The van der Waals surface area contributed by atoms with Crippen LogP contribution in [0, 0.1) is 5.82 Å². The molecule has 0 saturated carbocycles. The van der Waals surface area contributed by atoms with Gasteiger partial charge in [0.05, 0.1) is 31.3 Å². The minimum absolute atomic E-state index is 0.00176. The summed E-state index contributed by atoms with van der Waals surface area (Å²) in [7, 11) is 0. The molecule has 92 valence electrons. The number of ether oxygens (including phenoxy) is 2. The zero-order valence-electron chi connectivity index (χ0n) is 9.62. The number of benzene rings is 1. The first-order chi connectivity index (χ1) is 8.33. The standard InChI is InChI=1S/C13H16FNO2/c14-11-4-2-1-3-10(11)13(8-16-9-13)12-7-15-5-6-17-12/h1-4,12,15H,5-9H2. The van der Waals surface area contributed by atoms with Crippen molar-refractivity contribution in [3.8, 4) is 0 Å². The average Bonchev–Trinajstić information content (AvgIpc) is 2.32. The van der Waals surface area contributed by atoms with E-state index in [9.17, 15) is 4.39 Å². The molecule has 1 aromatic carbocycles. The molecule has 2 saturated heterocycles. The van der Waals surface area contributed by atoms with Crippen LogP contribution in [0.1, 0.15) is 5.56 Å². The van der Waals surface area contributed by atoms with Gasteiger partial charge in [-0.2, -0.15) is 0 Å². The highest BCUT2D eigenvalue weighted by Gasteiger charge is 2.49. The summed E-state index contributed by atoms with van der Waals surface area (Å²) in [6, 6.07) is 6.93. The van der Waals surface area contributed by atoms with Crippen LogP contribution < -0.4 is 5.32 Å². The van der Waals surface area contributed by atoms with Crippen LogP contribution in [0.25, 0.3) is 0 Å². The van der Waals surface area contributed by atoms with Crippen LogP contribution in [-0.4, -0.2) is 39.0 Å². The van der Waals surface area contributed by atoms with E-state index >= 15 is 0 Å². The summed E-state index contributed by atoms with van der Waals surface area (Å²) in [6.07, 6.45) is 0.00176. The van der Waals surface area contributed by atoms with Crippen molar-refractivity contribution in [2.24, 2.45) is 0 Å². The fourth-order valence-electron chi connectivity index (χ4n) is 2.62. The second-order valence-corrected chi connectivity index (χ2v) is 4.69. The summed E-state index contributed by atoms with van der Waals surface area (Å²) in [5, 5.41) is 3.29. The van der Waals surface area contributed by atoms with Crippen LogP contribution in [0.15, 0.2) is 24.3 Å². The highest BCUT2D eigenvalue weighted by Crippen LogP contribution is 2.38. The summed E-state index contributed by atoms with van der Waals surface area (Å²) >= 11 is 0. The monoisotopic (exact) mass is 237 g/mol. The normalized spacial score (nSPS) is 27.5. The molecule has 4 heteroatoms. The smallest absolute Gasteiger partial charge is 0.127 e. The average molecular weight is 237 g/mol. The molecule has 1 N–H and O–H groups in total. The van der Waals surface area contributed by atoms with Gasteiger partial charge in [0.25, 0.3) is 0 Å². The van der Waals surface area contributed by atoms with Crippen LogP contribution in [0.5, 0.6) is 0 Å². The number of hydrogen-bond donors (Lipinski definition) is 1. The van der Waals surface area contributed by atoms with Gasteiger partial charge in [0, 0.05) is 18.7 Å². The van der Waals surface area contributed by atoms with Gasteiger partial charge in [-0.25, -0.2) is 4.39 Å². The van der Waals surface area contributed by atoms with E-state index in [0.29, 0.717) is 19.8 Å². The molecular weight excluding hydrogens is 221 g/mol. The lowest BCUT2D eigenvalue weighted by Gasteiger charge is -2.48. The number of halogens is 1. The van der Waals surface area contributed by atoms with E-state index in [2.05, 4.69) is 5.32 Å². The molecule has 17 heavy (non-hydrogen) atoms. The van der Waals surface area contributed by atoms with Gasteiger partial charge in [0.15, 0.2) is 0 Å². The van der Waals surface area contributed by atoms with Crippen LogP contribution in [0.2, 0.25) is 0 Å². The number of nitrogens with one attached hydrogen (secondary N) is 1. The molecule has 0 spiro atoms. The molecule has 2 aliphatic rings. The Morgan fingerprint density at radius 1 is 1.29 bits per heavy atom. The van der Waals surface area contributed by atoms with E-state index in [1.165, 1.54) is 6.07 Å². The summed E-state index contributed by atoms with van der Waals surface area (Å²) < 4.78 is 25.0. The van der Waals surface area contributed by atoms with Gasteiger partial charge in [-0.3, -0.25) is 0 Å². The van der Waals surface area contributed by atoms with Gasteiger partial charge >= 0.3 is 0 Å². The summed E-state index contributed by atoms with van der Waals surface area (Å²) in [5.41, 5.74) is 0.415. The Morgan fingerprint density at radius 3 is 2.71 bits per heavy atom. The fourth-order valence-corrected chi connectivity index (χ4v) is 2.62. The van der Waals surface area contributed by atoms with Gasteiger partial charge in [-0.15, -0.1) is 0 Å². The molecule has 1 unspecified atom stereocenters. The number of hydrogen-bond acceptors (Lipinski definition) is 3. The molecule has 2 heterocycles. The zero-order chi connectivity index (χ0) is 11.7. The minimum Gasteiger partial charge on any atom is -0.379 e. The quantitative estimate of drug-likeness (QED) is 0.835. The van der Waals surface area contributed by atoms with Crippen molar-refractivity contribution in [2.45, 2.75) is 11.5 Å². The SMILES string of the molecule is Fc1ccccc1C1(C2CNCCO2)COC1. The van der Waals surface area contributed by atoms with Gasteiger partial charge < -0.3 is 14.8 Å². The van der Waals surface area contributed by atoms with Crippen LogP contribution in [0.4, 0.5) is 4.39 Å². The Kier molecular flexibility index (Phi) is 2.86. The van der Waals surface area contributed by atoms with E-state index < -0.39 is 0 Å². The molecule has 2 aliphatic heterocycles. The van der Waals surface area contributed by atoms with Crippen molar-refractivity contribution in [3.05, 3.63) is 35.6 Å². The van der Waals surface area contributed by atoms with Crippen molar-refractivity contribution < 1.29 is 13.9 Å². The largest absolute Gasteiger partial charge is 0.379 e. The molecule has 3 rings (SSSR count). The second kappa shape index (κ2) is 4.37. The predicted molar refractivity (Wildman–Crippen MR) is 61.5 cm³/mol. The van der Waals surface area contributed by atoms with Crippen LogP contribution in [-0.2, 0) is 14.9 Å². The maximum absolute atomic E-state index is 13.9. The zero-order valence-corrected chi connectivity index (χ0v) is 9.62. The summed E-state index contributed by atoms with van der Waals surface area (Å²) in [6.45, 7) is 3.39.